The highest BCUT2D eigenvalue weighted by molar-refractivity contribution is 7.12. The average Bonchev–Trinajstić information content (AvgIpc) is 3.35. The van der Waals surface area contributed by atoms with Crippen molar-refractivity contribution in [3.05, 3.63) is 81.8 Å². The number of rotatable bonds is 8. The molecule has 2 aromatic carbocycles. The number of aliphatic carboxylic acids is 1. The van der Waals surface area contributed by atoms with Gasteiger partial charge in [0, 0.05) is 12.1 Å². The van der Waals surface area contributed by atoms with E-state index in [9.17, 15) is 14.7 Å². The lowest BCUT2D eigenvalue weighted by Gasteiger charge is -2.23. The molecule has 7 heteroatoms. The van der Waals surface area contributed by atoms with Gasteiger partial charge >= 0.3 is 5.97 Å². The number of carboxylic acids is 1. The second-order valence-electron chi connectivity index (χ2n) is 7.74. The van der Waals surface area contributed by atoms with Gasteiger partial charge < -0.3 is 14.6 Å². The summed E-state index contributed by atoms with van der Waals surface area (Å²) in [6.45, 7) is 4.28. The predicted octanol–water partition coefficient (Wildman–Crippen LogP) is 5.29. The molecule has 0 saturated carbocycles. The van der Waals surface area contributed by atoms with Gasteiger partial charge in [-0.1, -0.05) is 37.3 Å². The van der Waals surface area contributed by atoms with Crippen molar-refractivity contribution in [1.82, 2.24) is 9.55 Å². The number of hydrogen-bond acceptors (Lipinski definition) is 4. The third-order valence-corrected chi connectivity index (χ3v) is 6.38. The number of fused-ring (bicyclic) bond motifs is 1. The summed E-state index contributed by atoms with van der Waals surface area (Å²) in [6.07, 6.45) is 1.56. The minimum Gasteiger partial charge on any atom is -0.480 e. The monoisotopic (exact) mass is 447 g/mol. The normalized spacial score (nSPS) is 11.1. The molecule has 2 aromatic heterocycles. The molecule has 1 amide bonds. The molecule has 0 unspecified atom stereocenters. The smallest absolute Gasteiger partial charge is 0.323 e. The summed E-state index contributed by atoms with van der Waals surface area (Å²) in [5.74, 6) is -0.212. The number of amides is 1. The summed E-state index contributed by atoms with van der Waals surface area (Å²) in [5, 5.41) is 11.3. The highest BCUT2D eigenvalue weighted by Gasteiger charge is 2.22. The first-order chi connectivity index (χ1) is 15.5. The van der Waals surface area contributed by atoms with Gasteiger partial charge in [0.2, 0.25) is 0 Å². The van der Waals surface area contributed by atoms with E-state index >= 15 is 0 Å². The number of hydrogen-bond donors (Lipinski definition) is 1. The van der Waals surface area contributed by atoms with E-state index in [1.165, 1.54) is 11.3 Å². The average molecular weight is 448 g/mol. The Morgan fingerprint density at radius 2 is 1.91 bits per heavy atom. The number of aromatic nitrogens is 2. The number of anilines is 1. The topological polar surface area (TPSA) is 75.4 Å². The van der Waals surface area contributed by atoms with Gasteiger partial charge in [0.05, 0.1) is 22.5 Å². The molecule has 0 atom stereocenters. The number of thiophene rings is 1. The van der Waals surface area contributed by atoms with E-state index in [2.05, 4.69) is 0 Å². The van der Waals surface area contributed by atoms with Crippen LogP contribution in [0.2, 0.25) is 0 Å². The molecule has 4 rings (SSSR count). The van der Waals surface area contributed by atoms with E-state index < -0.39 is 5.97 Å². The van der Waals surface area contributed by atoms with Crippen molar-refractivity contribution in [2.24, 2.45) is 0 Å². The molecule has 0 fully saturated rings. The van der Waals surface area contributed by atoms with Crippen LogP contribution in [0.5, 0.6) is 0 Å². The Kier molecular flexibility index (Phi) is 6.37. The van der Waals surface area contributed by atoms with Gasteiger partial charge in [-0.3, -0.25) is 9.59 Å². The maximum atomic E-state index is 13.5. The van der Waals surface area contributed by atoms with Gasteiger partial charge in [-0.25, -0.2) is 4.98 Å². The Hall–Kier alpha value is -3.45. The van der Waals surface area contributed by atoms with Gasteiger partial charge in [-0.15, -0.1) is 11.3 Å². The van der Waals surface area contributed by atoms with E-state index in [-0.39, 0.29) is 12.5 Å². The summed E-state index contributed by atoms with van der Waals surface area (Å²) in [5.41, 5.74) is 4.18. The molecule has 6 nitrogen and oxygen atoms in total. The van der Waals surface area contributed by atoms with Crippen molar-refractivity contribution in [2.45, 2.75) is 39.8 Å². The largest absolute Gasteiger partial charge is 0.480 e. The van der Waals surface area contributed by atoms with Crippen molar-refractivity contribution in [3.8, 4) is 0 Å². The van der Waals surface area contributed by atoms with Crippen LogP contribution in [-0.2, 0) is 24.3 Å². The van der Waals surface area contributed by atoms with E-state index in [1.807, 2.05) is 73.8 Å². The van der Waals surface area contributed by atoms with Crippen LogP contribution in [0.15, 0.2) is 60.0 Å². The maximum Gasteiger partial charge on any atom is 0.323 e. The first kappa shape index (κ1) is 21.8. The number of carboxylic acid groups (broad SMARTS) is 1. The molecular formula is C25H25N3O3S. The summed E-state index contributed by atoms with van der Waals surface area (Å²) in [4.78, 5) is 32.1. The molecule has 0 aliphatic heterocycles. The third kappa shape index (κ3) is 4.43. The van der Waals surface area contributed by atoms with Crippen LogP contribution in [0.4, 0.5) is 5.69 Å². The fourth-order valence-electron chi connectivity index (χ4n) is 3.82. The Morgan fingerprint density at radius 1 is 1.12 bits per heavy atom. The molecule has 4 aromatic rings. The molecule has 0 spiro atoms. The van der Waals surface area contributed by atoms with E-state index in [4.69, 9.17) is 4.98 Å². The molecule has 0 aliphatic rings. The first-order valence-corrected chi connectivity index (χ1v) is 11.5. The standard InChI is InChI=1S/C25H25N3O3S/c1-3-7-22-26-20-14-19(10-11-21(20)28(22)16-23(29)30)27(15-18-8-5-4-6-9-18)25(31)24-17(2)12-13-32-24/h4-6,8-14H,3,7,15-16H2,1-2H3,(H,29,30). The van der Waals surface area contributed by atoms with Gasteiger partial charge in [0.25, 0.3) is 5.91 Å². The van der Waals surface area contributed by atoms with Gasteiger partial charge in [-0.05, 0) is 54.1 Å². The summed E-state index contributed by atoms with van der Waals surface area (Å²) in [6, 6.07) is 17.5. The quantitative estimate of drug-likeness (QED) is 0.398. The zero-order valence-electron chi connectivity index (χ0n) is 18.1. The van der Waals surface area contributed by atoms with Crippen LogP contribution in [0.25, 0.3) is 11.0 Å². The zero-order valence-corrected chi connectivity index (χ0v) is 18.9. The van der Waals surface area contributed by atoms with Crippen molar-refractivity contribution in [3.63, 3.8) is 0 Å². The van der Waals surface area contributed by atoms with E-state index in [1.54, 1.807) is 9.47 Å². The lowest BCUT2D eigenvalue weighted by Crippen LogP contribution is -2.30. The van der Waals surface area contributed by atoms with Crippen molar-refractivity contribution in [2.75, 3.05) is 4.90 Å². The van der Waals surface area contributed by atoms with Crippen LogP contribution >= 0.6 is 11.3 Å². The highest BCUT2D eigenvalue weighted by atomic mass is 32.1. The Balaban J connectivity index is 1.79. The lowest BCUT2D eigenvalue weighted by molar-refractivity contribution is -0.137. The van der Waals surface area contributed by atoms with E-state index in [0.717, 1.165) is 34.6 Å². The molecule has 2 heterocycles. The minimum atomic E-state index is -0.903. The van der Waals surface area contributed by atoms with Gasteiger partial charge in [0.15, 0.2) is 0 Å². The molecule has 0 saturated heterocycles. The van der Waals surface area contributed by atoms with Crippen molar-refractivity contribution in [1.29, 1.82) is 0 Å². The number of aryl methyl sites for hydroxylation is 2. The zero-order chi connectivity index (χ0) is 22.7. The highest BCUT2D eigenvalue weighted by Crippen LogP contribution is 2.28. The molecule has 0 radical (unpaired) electrons. The van der Waals surface area contributed by atoms with Gasteiger partial charge in [-0.2, -0.15) is 0 Å². The molecule has 1 N–H and O–H groups in total. The van der Waals surface area contributed by atoms with Crippen LogP contribution in [0.1, 0.15) is 40.0 Å². The second kappa shape index (κ2) is 9.36. The predicted molar refractivity (Wildman–Crippen MR) is 127 cm³/mol. The molecule has 164 valence electrons. The summed E-state index contributed by atoms with van der Waals surface area (Å²) in [7, 11) is 0. The van der Waals surface area contributed by atoms with Crippen LogP contribution in [-0.4, -0.2) is 26.5 Å². The molecule has 0 aliphatic carbocycles. The van der Waals surface area contributed by atoms with Gasteiger partial charge in [0.1, 0.15) is 12.4 Å². The van der Waals surface area contributed by atoms with Crippen molar-refractivity contribution >= 4 is 39.9 Å². The number of carbonyl (C=O) groups is 2. The Labute approximate surface area is 190 Å². The van der Waals surface area contributed by atoms with Crippen LogP contribution in [0.3, 0.4) is 0 Å². The fraction of sp³-hybridized carbons (Fsp3) is 0.240. The molecular weight excluding hydrogens is 422 g/mol. The summed E-state index contributed by atoms with van der Waals surface area (Å²) >= 11 is 1.44. The maximum absolute atomic E-state index is 13.5. The number of imidazole rings is 1. The van der Waals surface area contributed by atoms with Crippen LogP contribution in [0, 0.1) is 6.92 Å². The Morgan fingerprint density at radius 3 is 2.56 bits per heavy atom. The fourth-order valence-corrected chi connectivity index (χ4v) is 4.70. The molecule has 0 bridgehead atoms. The number of carbonyl (C=O) groups excluding carboxylic acids is 1. The molecule has 32 heavy (non-hydrogen) atoms. The van der Waals surface area contributed by atoms with Crippen molar-refractivity contribution < 1.29 is 14.7 Å². The van der Waals surface area contributed by atoms with E-state index in [0.29, 0.717) is 23.4 Å². The Bertz CT molecular complexity index is 1260. The SMILES string of the molecule is CCCc1nc2cc(N(Cc3ccccc3)C(=O)c3sccc3C)ccc2n1CC(=O)O. The third-order valence-electron chi connectivity index (χ3n) is 5.37. The lowest BCUT2D eigenvalue weighted by atomic mass is 10.1. The minimum absolute atomic E-state index is 0.0561. The summed E-state index contributed by atoms with van der Waals surface area (Å²) < 4.78 is 1.75. The number of benzene rings is 2. The number of nitrogens with zero attached hydrogens (tertiary/aromatic N) is 3. The van der Waals surface area contributed by atoms with Crippen LogP contribution < -0.4 is 4.90 Å². The first-order valence-electron chi connectivity index (χ1n) is 10.6. The second-order valence-corrected chi connectivity index (χ2v) is 8.66.